The van der Waals surface area contributed by atoms with Crippen LogP contribution in [0.15, 0.2) is 42.7 Å². The summed E-state index contributed by atoms with van der Waals surface area (Å²) in [5.74, 6) is 0.906. The van der Waals surface area contributed by atoms with E-state index >= 15 is 0 Å². The molecule has 1 aliphatic rings. The van der Waals surface area contributed by atoms with Gasteiger partial charge < -0.3 is 15.0 Å². The van der Waals surface area contributed by atoms with Crippen LogP contribution in [0.25, 0.3) is 10.9 Å². The minimum absolute atomic E-state index is 0.167. The maximum atomic E-state index is 5.31. The van der Waals surface area contributed by atoms with E-state index in [0.29, 0.717) is 0 Å². The number of hydrogen-bond donors (Lipinski definition) is 2. The molecule has 2 unspecified atom stereocenters. The summed E-state index contributed by atoms with van der Waals surface area (Å²) in [6.45, 7) is 12.5. The van der Waals surface area contributed by atoms with Crippen molar-refractivity contribution in [1.29, 1.82) is 0 Å². The number of H-pyrrole nitrogens is 1. The third-order valence-corrected chi connectivity index (χ3v) is 3.91. The van der Waals surface area contributed by atoms with Crippen LogP contribution in [0.1, 0.15) is 25.1 Å². The van der Waals surface area contributed by atoms with Gasteiger partial charge in [0.25, 0.3) is 0 Å². The van der Waals surface area contributed by atoms with E-state index in [1.807, 2.05) is 19.1 Å². The number of hydrogen-bond acceptors (Lipinski definition) is 2. The van der Waals surface area contributed by atoms with E-state index in [-0.39, 0.29) is 5.54 Å². The number of rotatable bonds is 2. The van der Waals surface area contributed by atoms with Gasteiger partial charge in [0.1, 0.15) is 5.75 Å². The summed E-state index contributed by atoms with van der Waals surface area (Å²) in [5.41, 5.74) is 3.61. The maximum absolute atomic E-state index is 5.31. The topological polar surface area (TPSA) is 37.0 Å². The Morgan fingerprint density at radius 1 is 1.45 bits per heavy atom. The number of aromatic nitrogens is 1. The zero-order valence-corrected chi connectivity index (χ0v) is 14.8. The van der Waals surface area contributed by atoms with Crippen LogP contribution in [-0.4, -0.2) is 18.6 Å². The van der Waals surface area contributed by atoms with E-state index in [1.54, 1.807) is 7.11 Å². The van der Waals surface area contributed by atoms with Gasteiger partial charge in [-0.05, 0) is 44.0 Å². The van der Waals surface area contributed by atoms with Crippen LogP contribution in [0.3, 0.4) is 0 Å². The Labute approximate surface area is 135 Å². The first-order valence-corrected chi connectivity index (χ1v) is 7.97. The molecule has 2 aromatic rings. The molecule has 22 heavy (non-hydrogen) atoms. The smallest absolute Gasteiger partial charge is 0.119 e. The van der Waals surface area contributed by atoms with Crippen molar-refractivity contribution in [2.24, 2.45) is 0 Å². The van der Waals surface area contributed by atoms with Crippen LogP contribution in [0.5, 0.6) is 5.75 Å². The quantitative estimate of drug-likeness (QED) is 0.646. The summed E-state index contributed by atoms with van der Waals surface area (Å²) in [7, 11) is 4.17. The Balaban J connectivity index is 0.000000396. The van der Waals surface area contributed by atoms with Crippen molar-refractivity contribution in [1.82, 2.24) is 10.3 Å². The van der Waals surface area contributed by atoms with E-state index in [9.17, 15) is 0 Å². The molecule has 0 radical (unpaired) electrons. The minimum atomic E-state index is -0.167. The number of ether oxygens (including phenoxy) is 1. The lowest BCUT2D eigenvalue weighted by atomic mass is 9.89. The molecule has 1 aliphatic heterocycles. The van der Waals surface area contributed by atoms with Gasteiger partial charge in [-0.2, -0.15) is 0 Å². The maximum Gasteiger partial charge on any atom is 0.119 e. The normalized spacial score (nSPS) is 19.8. The molecule has 3 rings (SSSR count). The Hall–Kier alpha value is -1.57. The highest BCUT2D eigenvalue weighted by atomic mass is 31.0. The molecule has 2 heterocycles. The first-order valence-electron chi connectivity index (χ1n) is 7.40. The molecule has 0 saturated heterocycles. The van der Waals surface area contributed by atoms with Crippen molar-refractivity contribution in [3.05, 3.63) is 54.0 Å². The van der Waals surface area contributed by atoms with Gasteiger partial charge in [0.15, 0.2) is 0 Å². The fraction of sp³-hybridized carbons (Fsp3) is 0.333. The lowest BCUT2D eigenvalue weighted by Crippen LogP contribution is -2.43. The van der Waals surface area contributed by atoms with Crippen LogP contribution < -0.4 is 10.1 Å². The van der Waals surface area contributed by atoms with Gasteiger partial charge in [-0.15, -0.1) is 15.8 Å². The van der Waals surface area contributed by atoms with Crippen molar-refractivity contribution in [3.63, 3.8) is 0 Å². The standard InChI is InChI=1S/C15H18N2O.C3H7P/c1-4-15(2)14-11(7-8-16-15)12-9-10(18-3)5-6-13(12)17-14;1-3(2)4/h4-6,9,16-17H,1,7-8H2,2-3H3;1,4H2,2H3. The van der Waals surface area contributed by atoms with E-state index in [2.05, 4.69) is 51.8 Å². The van der Waals surface area contributed by atoms with Crippen LogP contribution in [0.4, 0.5) is 0 Å². The molecule has 0 amide bonds. The highest BCUT2D eigenvalue weighted by molar-refractivity contribution is 7.22. The molecule has 2 atom stereocenters. The summed E-state index contributed by atoms with van der Waals surface area (Å²) in [5, 5.41) is 5.86. The number of nitrogens with one attached hydrogen (secondary N) is 2. The summed E-state index contributed by atoms with van der Waals surface area (Å²) in [4.78, 5) is 3.52. The third kappa shape index (κ3) is 3.26. The summed E-state index contributed by atoms with van der Waals surface area (Å²) >= 11 is 0. The zero-order chi connectivity index (χ0) is 16.3. The fourth-order valence-corrected chi connectivity index (χ4v) is 2.77. The van der Waals surface area contributed by atoms with E-state index in [4.69, 9.17) is 4.74 Å². The predicted octanol–water partition coefficient (Wildman–Crippen LogP) is 4.12. The van der Waals surface area contributed by atoms with E-state index in [1.165, 1.54) is 16.6 Å². The van der Waals surface area contributed by atoms with Gasteiger partial charge in [-0.1, -0.05) is 18.0 Å². The van der Waals surface area contributed by atoms with Gasteiger partial charge >= 0.3 is 0 Å². The fourth-order valence-electron chi connectivity index (χ4n) is 2.77. The number of allylic oxidation sites excluding steroid dienone is 1. The second-order valence-electron chi connectivity index (χ2n) is 5.82. The number of methoxy groups -OCH3 is 1. The molecule has 0 aliphatic carbocycles. The molecular formula is C18H25N2OP. The monoisotopic (exact) mass is 316 g/mol. The first kappa shape index (κ1) is 16.8. The highest BCUT2D eigenvalue weighted by Crippen LogP contribution is 2.35. The van der Waals surface area contributed by atoms with Crippen LogP contribution in [0, 0.1) is 0 Å². The van der Waals surface area contributed by atoms with Gasteiger partial charge in [0, 0.05) is 23.1 Å². The van der Waals surface area contributed by atoms with Crippen LogP contribution in [-0.2, 0) is 12.0 Å². The first-order chi connectivity index (χ1) is 10.4. The summed E-state index contributed by atoms with van der Waals surface area (Å²) in [6.07, 6.45) is 3.00. The average Bonchev–Trinajstić information content (AvgIpc) is 2.86. The molecule has 4 heteroatoms. The Morgan fingerprint density at radius 2 is 2.14 bits per heavy atom. The zero-order valence-electron chi connectivity index (χ0n) is 13.6. The number of fused-ring (bicyclic) bond motifs is 3. The molecule has 0 bridgehead atoms. The molecule has 1 aromatic carbocycles. The number of benzene rings is 1. The Kier molecular flexibility index (Phi) is 5.10. The largest absolute Gasteiger partial charge is 0.497 e. The molecule has 3 nitrogen and oxygen atoms in total. The van der Waals surface area contributed by atoms with Gasteiger partial charge in [0.05, 0.1) is 12.6 Å². The molecule has 2 N–H and O–H groups in total. The molecule has 0 fully saturated rings. The number of aromatic amines is 1. The van der Waals surface area contributed by atoms with Crippen LogP contribution >= 0.6 is 9.24 Å². The minimum Gasteiger partial charge on any atom is -0.497 e. The van der Waals surface area contributed by atoms with Crippen molar-refractivity contribution >= 4 is 20.1 Å². The van der Waals surface area contributed by atoms with Gasteiger partial charge in [-0.25, -0.2) is 0 Å². The van der Waals surface area contributed by atoms with Crippen molar-refractivity contribution in [3.8, 4) is 5.75 Å². The van der Waals surface area contributed by atoms with Crippen molar-refractivity contribution < 1.29 is 4.74 Å². The van der Waals surface area contributed by atoms with E-state index in [0.717, 1.165) is 29.5 Å². The molecule has 118 valence electrons. The third-order valence-electron chi connectivity index (χ3n) is 3.91. The molecular weight excluding hydrogens is 291 g/mol. The Morgan fingerprint density at radius 3 is 2.73 bits per heavy atom. The second-order valence-corrected chi connectivity index (χ2v) is 6.81. The van der Waals surface area contributed by atoms with Crippen molar-refractivity contribution in [2.75, 3.05) is 13.7 Å². The van der Waals surface area contributed by atoms with Gasteiger partial charge in [0.2, 0.25) is 0 Å². The summed E-state index contributed by atoms with van der Waals surface area (Å²) < 4.78 is 5.31. The lowest BCUT2D eigenvalue weighted by molar-refractivity contribution is 0.415. The highest BCUT2D eigenvalue weighted by Gasteiger charge is 2.31. The van der Waals surface area contributed by atoms with Gasteiger partial charge in [-0.3, -0.25) is 0 Å². The summed E-state index contributed by atoms with van der Waals surface area (Å²) in [6, 6.07) is 6.18. The van der Waals surface area contributed by atoms with Crippen molar-refractivity contribution in [2.45, 2.75) is 25.8 Å². The van der Waals surface area contributed by atoms with Crippen LogP contribution in [0.2, 0.25) is 0 Å². The lowest BCUT2D eigenvalue weighted by Gasteiger charge is -2.32. The molecule has 0 saturated carbocycles. The SMILES string of the molecule is C=C(C)P.C=CC1(C)NCCc2c1[nH]c1ccc(OC)cc21. The average molecular weight is 316 g/mol. The molecule has 1 aromatic heterocycles. The molecule has 0 spiro atoms. The van der Waals surface area contributed by atoms with E-state index < -0.39 is 0 Å². The second kappa shape index (κ2) is 6.68. The predicted molar refractivity (Wildman–Crippen MR) is 98.6 cm³/mol. The Bertz CT molecular complexity index is 700.